The van der Waals surface area contributed by atoms with E-state index < -0.39 is 17.6 Å². The van der Waals surface area contributed by atoms with Crippen molar-refractivity contribution in [1.82, 2.24) is 30.4 Å². The van der Waals surface area contributed by atoms with Crippen LogP contribution < -0.4 is 15.6 Å². The lowest BCUT2D eigenvalue weighted by Crippen LogP contribution is -2.43. The number of ether oxygens (including phenoxy) is 2. The number of aryl methyl sites for hydroxylation is 1. The van der Waals surface area contributed by atoms with Gasteiger partial charge in [-0.1, -0.05) is 0 Å². The van der Waals surface area contributed by atoms with Gasteiger partial charge >= 0.3 is 6.09 Å². The molecular weight excluding hydrogens is 352 g/mol. The molecule has 0 bridgehead atoms. The number of amides is 2. The molecule has 0 unspecified atom stereocenters. The van der Waals surface area contributed by atoms with Crippen molar-refractivity contribution in [2.75, 3.05) is 7.11 Å². The highest BCUT2D eigenvalue weighted by molar-refractivity contribution is 5.92. The number of imidazole rings is 1. The van der Waals surface area contributed by atoms with Crippen molar-refractivity contribution in [3.63, 3.8) is 0 Å². The third-order valence-corrected chi connectivity index (χ3v) is 2.98. The number of carbonyl (C=O) groups is 2. The van der Waals surface area contributed by atoms with Gasteiger partial charge in [-0.15, -0.1) is 0 Å². The largest absolute Gasteiger partial charge is 0.478 e. The third kappa shape index (κ3) is 6.10. The van der Waals surface area contributed by atoms with Gasteiger partial charge in [-0.3, -0.25) is 14.8 Å². The number of nitrogens with one attached hydrogen (secondary N) is 2. The van der Waals surface area contributed by atoms with Gasteiger partial charge in [0, 0.05) is 12.3 Å². The molecule has 144 valence electrons. The highest BCUT2D eigenvalue weighted by atomic mass is 16.6. The minimum atomic E-state index is -0.759. The molecule has 2 rings (SSSR count). The molecule has 2 aromatic rings. The van der Waals surface area contributed by atoms with Gasteiger partial charge in [0.2, 0.25) is 5.82 Å². The van der Waals surface area contributed by atoms with Gasteiger partial charge < -0.3 is 9.47 Å². The molecule has 10 nitrogen and oxygen atoms in total. The van der Waals surface area contributed by atoms with Crippen molar-refractivity contribution in [3.05, 3.63) is 36.2 Å². The predicted molar refractivity (Wildman–Crippen MR) is 97.0 cm³/mol. The molecule has 0 aliphatic heterocycles. The lowest BCUT2D eigenvalue weighted by Gasteiger charge is -2.19. The van der Waals surface area contributed by atoms with Crippen LogP contribution in [0.1, 0.15) is 32.2 Å². The average molecular weight is 374 g/mol. The summed E-state index contributed by atoms with van der Waals surface area (Å²) in [7, 11) is 1.47. The summed E-state index contributed by atoms with van der Waals surface area (Å²) in [5.74, 6) is 0.198. The monoisotopic (exact) mass is 374 g/mol. The molecule has 0 saturated heterocycles. The number of hydrazine groups is 1. The number of methoxy groups -OCH3 is 1. The molecule has 0 saturated carbocycles. The van der Waals surface area contributed by atoms with Gasteiger partial charge in [-0.2, -0.15) is 0 Å². The summed E-state index contributed by atoms with van der Waals surface area (Å²) in [6.45, 7) is 7.01. The quantitative estimate of drug-likeness (QED) is 0.615. The molecule has 0 aliphatic carbocycles. The Morgan fingerprint density at radius 3 is 2.56 bits per heavy atom. The first-order chi connectivity index (χ1) is 12.7. The van der Waals surface area contributed by atoms with Crippen molar-refractivity contribution in [1.29, 1.82) is 0 Å². The maximum atomic E-state index is 11.8. The second kappa shape index (κ2) is 8.30. The van der Waals surface area contributed by atoms with Crippen molar-refractivity contribution in [3.8, 4) is 11.7 Å². The molecule has 0 atom stereocenters. The molecule has 0 spiro atoms. The van der Waals surface area contributed by atoms with Gasteiger partial charge in [-0.25, -0.2) is 25.2 Å². The van der Waals surface area contributed by atoms with Gasteiger partial charge in [0.15, 0.2) is 0 Å². The fraction of sp³-hybridized carbons (Fsp3) is 0.353. The lowest BCUT2D eigenvalue weighted by molar-refractivity contribution is -0.117. The van der Waals surface area contributed by atoms with E-state index in [-0.39, 0.29) is 5.88 Å². The fourth-order valence-electron chi connectivity index (χ4n) is 1.93. The lowest BCUT2D eigenvalue weighted by atomic mass is 10.2. The van der Waals surface area contributed by atoms with Crippen LogP contribution in [-0.2, 0) is 9.53 Å². The summed E-state index contributed by atoms with van der Waals surface area (Å²) in [5, 5.41) is 0. The predicted octanol–water partition coefficient (Wildman–Crippen LogP) is 1.55. The summed E-state index contributed by atoms with van der Waals surface area (Å²) in [6, 6.07) is 0. The van der Waals surface area contributed by atoms with Crippen LogP contribution in [0.4, 0.5) is 4.79 Å². The van der Waals surface area contributed by atoms with E-state index in [1.807, 2.05) is 6.92 Å². The molecular formula is C17H22N6O4. The summed E-state index contributed by atoms with van der Waals surface area (Å²) in [5.41, 5.74) is 4.92. The van der Waals surface area contributed by atoms with Crippen LogP contribution >= 0.6 is 0 Å². The Morgan fingerprint density at radius 2 is 1.96 bits per heavy atom. The topological polar surface area (TPSA) is 120 Å². The number of hydrogen-bond acceptors (Lipinski definition) is 7. The first-order valence-electron chi connectivity index (χ1n) is 8.07. The Bertz CT molecular complexity index is 853. The van der Waals surface area contributed by atoms with Crippen LogP contribution in [0.2, 0.25) is 0 Å². The Kier molecular flexibility index (Phi) is 6.11. The average Bonchev–Trinajstić information content (AvgIpc) is 3.02. The molecule has 10 heteroatoms. The van der Waals surface area contributed by atoms with Crippen molar-refractivity contribution in [2.45, 2.75) is 33.3 Å². The van der Waals surface area contributed by atoms with E-state index in [4.69, 9.17) is 9.47 Å². The standard InChI is InChI=1S/C17H22N6O4/c1-11-9-23(10-19-11)14-15(26-5)20-12(8-18-14)6-7-13(24)21-22-16(25)27-17(2,3)4/h6-10H,1-5H3,(H,21,24)(H,22,25). The second-order valence-electron chi connectivity index (χ2n) is 6.50. The normalized spacial score (nSPS) is 11.3. The second-order valence-corrected chi connectivity index (χ2v) is 6.50. The Morgan fingerprint density at radius 1 is 1.22 bits per heavy atom. The summed E-state index contributed by atoms with van der Waals surface area (Å²) >= 11 is 0. The molecule has 2 N–H and O–H groups in total. The zero-order valence-electron chi connectivity index (χ0n) is 15.8. The minimum Gasteiger partial charge on any atom is -0.478 e. The molecule has 0 aromatic carbocycles. The molecule has 0 fully saturated rings. The number of hydrogen-bond donors (Lipinski definition) is 2. The van der Waals surface area contributed by atoms with E-state index >= 15 is 0 Å². The van der Waals surface area contributed by atoms with E-state index in [9.17, 15) is 9.59 Å². The Hall–Kier alpha value is -3.43. The van der Waals surface area contributed by atoms with Gasteiger partial charge in [0.1, 0.15) is 11.9 Å². The van der Waals surface area contributed by atoms with Gasteiger partial charge in [0.25, 0.3) is 11.8 Å². The maximum Gasteiger partial charge on any atom is 0.426 e. The van der Waals surface area contributed by atoms with Gasteiger partial charge in [0.05, 0.1) is 24.7 Å². The van der Waals surface area contributed by atoms with Crippen molar-refractivity contribution < 1.29 is 19.1 Å². The number of rotatable bonds is 4. The van der Waals surface area contributed by atoms with Crippen LogP contribution in [0.25, 0.3) is 11.9 Å². The minimum absolute atomic E-state index is 0.279. The van der Waals surface area contributed by atoms with Crippen LogP contribution in [0.15, 0.2) is 24.8 Å². The van der Waals surface area contributed by atoms with Crippen molar-refractivity contribution in [2.24, 2.45) is 0 Å². The van der Waals surface area contributed by atoms with Crippen molar-refractivity contribution >= 4 is 18.1 Å². The molecule has 0 radical (unpaired) electrons. The first-order valence-corrected chi connectivity index (χ1v) is 8.07. The summed E-state index contributed by atoms with van der Waals surface area (Å²) in [6.07, 6.45) is 6.75. The molecule has 2 aromatic heterocycles. The van der Waals surface area contributed by atoms with Crippen LogP contribution in [-0.4, -0.2) is 44.2 Å². The van der Waals surface area contributed by atoms with E-state index in [2.05, 4.69) is 25.8 Å². The Balaban J connectivity index is 2.00. The smallest absolute Gasteiger partial charge is 0.426 e. The highest BCUT2D eigenvalue weighted by Crippen LogP contribution is 2.18. The van der Waals surface area contributed by atoms with Crippen LogP contribution in [0, 0.1) is 6.92 Å². The SMILES string of the molecule is COc1nc(C=CC(=O)NNC(=O)OC(C)(C)C)cnc1-n1cnc(C)c1. The molecule has 27 heavy (non-hydrogen) atoms. The number of carbonyl (C=O) groups excluding carboxylic acids is 2. The van der Waals surface area contributed by atoms with E-state index in [1.54, 1.807) is 37.9 Å². The molecule has 2 amide bonds. The number of nitrogens with zero attached hydrogens (tertiary/aromatic N) is 4. The van der Waals surface area contributed by atoms with Gasteiger partial charge in [-0.05, 0) is 33.8 Å². The first kappa shape index (κ1) is 19.9. The highest BCUT2D eigenvalue weighted by Gasteiger charge is 2.16. The summed E-state index contributed by atoms with van der Waals surface area (Å²) in [4.78, 5) is 36.0. The summed E-state index contributed by atoms with van der Waals surface area (Å²) < 4.78 is 11.9. The molecule has 2 heterocycles. The zero-order valence-corrected chi connectivity index (χ0v) is 15.8. The van der Waals surface area contributed by atoms with Crippen LogP contribution in [0.3, 0.4) is 0 Å². The fourth-order valence-corrected chi connectivity index (χ4v) is 1.93. The zero-order chi connectivity index (χ0) is 20.0. The van der Waals surface area contributed by atoms with E-state index in [0.717, 1.165) is 5.69 Å². The number of aromatic nitrogens is 4. The van der Waals surface area contributed by atoms with Crippen LogP contribution in [0.5, 0.6) is 5.88 Å². The molecule has 0 aliphatic rings. The Labute approximate surface area is 156 Å². The maximum absolute atomic E-state index is 11.8. The van der Waals surface area contributed by atoms with E-state index in [0.29, 0.717) is 11.5 Å². The third-order valence-electron chi connectivity index (χ3n) is 2.98. The van der Waals surface area contributed by atoms with E-state index in [1.165, 1.54) is 25.5 Å².